The summed E-state index contributed by atoms with van der Waals surface area (Å²) in [6, 6.07) is 11.7. The molecule has 2 amide bonds. The summed E-state index contributed by atoms with van der Waals surface area (Å²) in [4.78, 5) is 26.6. The number of furan rings is 1. The number of fused-ring (bicyclic) bond motifs is 1. The number of thioether (sulfide) groups is 1. The number of para-hydroxylation sites is 1. The zero-order valence-corrected chi connectivity index (χ0v) is 18.0. The van der Waals surface area contributed by atoms with Crippen LogP contribution in [0, 0.1) is 0 Å². The number of nitrogens with one attached hydrogen (secondary N) is 2. The van der Waals surface area contributed by atoms with Crippen molar-refractivity contribution in [2.24, 2.45) is 0 Å². The molecule has 0 aliphatic carbocycles. The van der Waals surface area contributed by atoms with Crippen molar-refractivity contribution in [2.45, 2.75) is 31.5 Å². The molecule has 0 saturated heterocycles. The topological polar surface area (TPSA) is 105 Å². The Morgan fingerprint density at radius 1 is 1.13 bits per heavy atom. The van der Waals surface area contributed by atoms with Crippen LogP contribution < -0.4 is 15.8 Å². The Morgan fingerprint density at radius 3 is 2.77 bits per heavy atom. The van der Waals surface area contributed by atoms with Gasteiger partial charge in [0.2, 0.25) is 5.91 Å². The summed E-state index contributed by atoms with van der Waals surface area (Å²) in [7, 11) is 0. The number of hydrogen-bond donors (Lipinski definition) is 2. The Labute approximate surface area is 184 Å². The number of amides is 2. The molecule has 0 fully saturated rings. The minimum atomic E-state index is -0.317. The number of hydrogen-bond acceptors (Lipinski definition) is 7. The van der Waals surface area contributed by atoms with Gasteiger partial charge in [0.1, 0.15) is 0 Å². The Hall–Kier alpha value is -3.27. The number of anilines is 1. The average Bonchev–Trinajstić information content (AvgIpc) is 3.46. The van der Waals surface area contributed by atoms with E-state index >= 15 is 0 Å². The Balaban J connectivity index is 1.26. The largest absolute Gasteiger partial charge is 0.461 e. The van der Waals surface area contributed by atoms with E-state index in [9.17, 15) is 9.59 Å². The highest BCUT2D eigenvalue weighted by molar-refractivity contribution is 7.99. The zero-order valence-electron chi connectivity index (χ0n) is 17.2. The van der Waals surface area contributed by atoms with Crippen LogP contribution in [-0.2, 0) is 22.6 Å². The third-order valence-electron chi connectivity index (χ3n) is 4.99. The van der Waals surface area contributed by atoms with Crippen LogP contribution in [0.1, 0.15) is 18.9 Å². The predicted molar refractivity (Wildman–Crippen MR) is 117 cm³/mol. The fraction of sp³-hybridized carbons (Fsp3) is 0.333. The van der Waals surface area contributed by atoms with E-state index in [1.807, 2.05) is 40.7 Å². The fourth-order valence-electron chi connectivity index (χ4n) is 3.56. The second-order valence-corrected chi connectivity index (χ2v) is 8.01. The summed E-state index contributed by atoms with van der Waals surface area (Å²) in [6.07, 6.45) is 3.60. The summed E-state index contributed by atoms with van der Waals surface area (Å²) >= 11 is 1.25. The molecule has 2 aromatic heterocycles. The highest BCUT2D eigenvalue weighted by Crippen LogP contribution is 2.26. The Bertz CT molecular complexity index is 1050. The van der Waals surface area contributed by atoms with Gasteiger partial charge in [0, 0.05) is 18.8 Å². The number of aromatic nitrogens is 3. The monoisotopic (exact) mass is 440 g/mol. The molecule has 0 spiro atoms. The molecule has 0 radical (unpaired) electrons. The van der Waals surface area contributed by atoms with Crippen LogP contribution in [-0.4, -0.2) is 45.4 Å². The van der Waals surface area contributed by atoms with Gasteiger partial charge in [0.25, 0.3) is 5.91 Å². The zero-order chi connectivity index (χ0) is 21.6. The summed E-state index contributed by atoms with van der Waals surface area (Å²) in [5.74, 6) is 0.764. The number of carbonyl (C=O) groups excluding carboxylic acids is 2. The first kappa shape index (κ1) is 21.0. The molecule has 0 atom stereocenters. The van der Waals surface area contributed by atoms with Crippen LogP contribution in [0.4, 0.5) is 5.69 Å². The van der Waals surface area contributed by atoms with Gasteiger partial charge < -0.3 is 9.32 Å². The van der Waals surface area contributed by atoms with E-state index in [0.29, 0.717) is 23.3 Å². The molecule has 31 heavy (non-hydrogen) atoms. The molecule has 3 heterocycles. The van der Waals surface area contributed by atoms with Gasteiger partial charge >= 0.3 is 0 Å². The van der Waals surface area contributed by atoms with Crippen molar-refractivity contribution < 1.29 is 14.0 Å². The van der Waals surface area contributed by atoms with Crippen LogP contribution in [0.3, 0.4) is 0 Å². The lowest BCUT2D eigenvalue weighted by atomic mass is 10.0. The summed E-state index contributed by atoms with van der Waals surface area (Å²) < 4.78 is 7.26. The molecule has 2 N–H and O–H groups in total. The number of nitrogens with zero attached hydrogens (tertiary/aromatic N) is 4. The van der Waals surface area contributed by atoms with E-state index < -0.39 is 0 Å². The van der Waals surface area contributed by atoms with E-state index in [0.717, 1.165) is 25.1 Å². The smallest absolute Gasteiger partial charge is 0.257 e. The van der Waals surface area contributed by atoms with E-state index in [-0.39, 0.29) is 24.1 Å². The normalized spacial score (nSPS) is 13.0. The molecule has 1 aromatic carbocycles. The van der Waals surface area contributed by atoms with Crippen molar-refractivity contribution in [3.8, 4) is 11.6 Å². The molecule has 9 nitrogen and oxygen atoms in total. The molecule has 0 saturated carbocycles. The van der Waals surface area contributed by atoms with Crippen molar-refractivity contribution in [3.63, 3.8) is 0 Å². The maximum Gasteiger partial charge on any atom is 0.257 e. The highest BCUT2D eigenvalue weighted by atomic mass is 32.2. The van der Waals surface area contributed by atoms with Crippen LogP contribution in [0.15, 0.2) is 52.2 Å². The van der Waals surface area contributed by atoms with E-state index in [1.165, 1.54) is 17.3 Å². The van der Waals surface area contributed by atoms with Crippen LogP contribution in [0.5, 0.6) is 0 Å². The molecule has 4 rings (SSSR count). The lowest BCUT2D eigenvalue weighted by Gasteiger charge is -2.30. The third kappa shape index (κ3) is 4.91. The van der Waals surface area contributed by atoms with Gasteiger partial charge in [0.05, 0.1) is 18.6 Å². The van der Waals surface area contributed by atoms with Gasteiger partial charge in [-0.3, -0.25) is 25.0 Å². The van der Waals surface area contributed by atoms with Crippen LogP contribution in [0.2, 0.25) is 0 Å². The van der Waals surface area contributed by atoms with E-state index in [2.05, 4.69) is 27.1 Å². The maximum absolute atomic E-state index is 12.3. The quantitative estimate of drug-likeness (QED) is 0.429. The van der Waals surface area contributed by atoms with Crippen LogP contribution >= 0.6 is 11.8 Å². The minimum absolute atomic E-state index is 0.100. The molecule has 0 unspecified atom stereocenters. The number of rotatable bonds is 7. The number of benzene rings is 1. The summed E-state index contributed by atoms with van der Waals surface area (Å²) in [5.41, 5.74) is 7.30. The maximum atomic E-state index is 12.3. The molecule has 1 aliphatic rings. The first-order valence-electron chi connectivity index (χ1n) is 10.2. The molecular formula is C21H24N6O3S. The average molecular weight is 441 g/mol. The van der Waals surface area contributed by atoms with Gasteiger partial charge in [-0.1, -0.05) is 30.0 Å². The van der Waals surface area contributed by atoms with Crippen molar-refractivity contribution in [3.05, 3.63) is 48.2 Å². The van der Waals surface area contributed by atoms with Gasteiger partial charge in [-0.15, -0.1) is 10.2 Å². The predicted octanol–water partition coefficient (Wildman–Crippen LogP) is 2.25. The van der Waals surface area contributed by atoms with Gasteiger partial charge in [-0.25, -0.2) is 0 Å². The van der Waals surface area contributed by atoms with Crippen molar-refractivity contribution in [1.82, 2.24) is 25.6 Å². The Kier molecular flexibility index (Phi) is 6.56. The minimum Gasteiger partial charge on any atom is -0.461 e. The van der Waals surface area contributed by atoms with Crippen molar-refractivity contribution in [2.75, 3.05) is 23.7 Å². The second-order valence-electron chi connectivity index (χ2n) is 7.07. The third-order valence-corrected chi connectivity index (χ3v) is 5.96. The lowest BCUT2D eigenvalue weighted by molar-refractivity contribution is -0.126. The van der Waals surface area contributed by atoms with E-state index in [4.69, 9.17) is 4.42 Å². The standard InChI is InChI=1S/C21H24N6O3S/c1-2-27-20(17-10-6-12-30-17)24-25-21(27)31-14-19(29)23-22-18(28)13-26-11-5-8-15-7-3-4-9-16(15)26/h3-4,6-7,9-10,12H,2,5,8,11,13-14H2,1H3,(H,22,28)(H,23,29). The number of aryl methyl sites for hydroxylation is 1. The lowest BCUT2D eigenvalue weighted by Crippen LogP contribution is -2.47. The van der Waals surface area contributed by atoms with Crippen molar-refractivity contribution in [1.29, 1.82) is 0 Å². The molecule has 10 heteroatoms. The molecule has 1 aliphatic heterocycles. The van der Waals surface area contributed by atoms with Gasteiger partial charge in [-0.2, -0.15) is 0 Å². The summed E-state index contributed by atoms with van der Waals surface area (Å²) in [5, 5.41) is 8.92. The van der Waals surface area contributed by atoms with Gasteiger partial charge in [-0.05, 0) is 43.5 Å². The molecule has 3 aromatic rings. The summed E-state index contributed by atoms with van der Waals surface area (Å²) in [6.45, 7) is 3.62. The van der Waals surface area contributed by atoms with E-state index in [1.54, 1.807) is 12.3 Å². The number of carbonyl (C=O) groups is 2. The van der Waals surface area contributed by atoms with Gasteiger partial charge in [0.15, 0.2) is 16.7 Å². The highest BCUT2D eigenvalue weighted by Gasteiger charge is 2.19. The molecule has 162 valence electrons. The first-order valence-corrected chi connectivity index (χ1v) is 11.1. The molecule has 0 bridgehead atoms. The fourth-order valence-corrected chi connectivity index (χ4v) is 4.37. The number of hydrazine groups is 1. The SMILES string of the molecule is CCn1c(SCC(=O)NNC(=O)CN2CCCc3ccccc32)nnc1-c1ccco1. The Morgan fingerprint density at radius 2 is 1.97 bits per heavy atom. The molecular weight excluding hydrogens is 416 g/mol. The van der Waals surface area contributed by atoms with Crippen LogP contribution in [0.25, 0.3) is 11.6 Å². The first-order chi connectivity index (χ1) is 15.2. The van der Waals surface area contributed by atoms with Crippen molar-refractivity contribution >= 4 is 29.3 Å². The second kappa shape index (κ2) is 9.69.